The van der Waals surface area contributed by atoms with Crippen LogP contribution in [0.1, 0.15) is 18.4 Å². The van der Waals surface area contributed by atoms with Gasteiger partial charge >= 0.3 is 6.03 Å². The normalized spacial score (nSPS) is 11.7. The number of amides is 3. The Balaban J connectivity index is 2.37. The lowest BCUT2D eigenvalue weighted by molar-refractivity contribution is -0.121. The molecule has 0 aliphatic carbocycles. The molecule has 1 aromatic rings. The van der Waals surface area contributed by atoms with Crippen molar-refractivity contribution >= 4 is 11.9 Å². The Hall–Kier alpha value is -2.04. The van der Waals surface area contributed by atoms with Crippen LogP contribution in [0, 0.1) is 0 Å². The Morgan fingerprint density at radius 1 is 1.33 bits per heavy atom. The first-order valence-corrected chi connectivity index (χ1v) is 5.83. The quantitative estimate of drug-likeness (QED) is 0.814. The molecule has 3 amide bonds. The molecule has 5 heteroatoms. The SMILES string of the molecule is C[C@@H](CNC(=O)CN(C)C(N)=O)c1ccccc1. The largest absolute Gasteiger partial charge is 0.354 e. The van der Waals surface area contributed by atoms with Crippen molar-refractivity contribution in [3.8, 4) is 0 Å². The zero-order chi connectivity index (χ0) is 13.5. The summed E-state index contributed by atoms with van der Waals surface area (Å²) in [6.45, 7) is 2.56. The van der Waals surface area contributed by atoms with Crippen molar-refractivity contribution in [2.24, 2.45) is 5.73 Å². The van der Waals surface area contributed by atoms with E-state index in [1.54, 1.807) is 0 Å². The standard InChI is InChI=1S/C13H19N3O2/c1-10(11-6-4-3-5-7-11)8-15-12(17)9-16(2)13(14)18/h3-7,10H,8-9H2,1-2H3,(H2,14,18)(H,15,17)/t10-/m0/s1. The topological polar surface area (TPSA) is 75.4 Å². The lowest BCUT2D eigenvalue weighted by atomic mass is 10.0. The summed E-state index contributed by atoms with van der Waals surface area (Å²) in [5.74, 6) is 0.0214. The molecule has 0 fully saturated rings. The molecule has 18 heavy (non-hydrogen) atoms. The van der Waals surface area contributed by atoms with Crippen LogP contribution in [0.3, 0.4) is 0 Å². The average molecular weight is 249 g/mol. The van der Waals surface area contributed by atoms with E-state index in [0.717, 1.165) is 0 Å². The van der Waals surface area contributed by atoms with Gasteiger partial charge in [0.15, 0.2) is 0 Å². The molecular weight excluding hydrogens is 230 g/mol. The molecule has 1 rings (SSSR count). The monoisotopic (exact) mass is 249 g/mol. The molecule has 98 valence electrons. The third kappa shape index (κ3) is 4.45. The molecule has 0 bridgehead atoms. The molecular formula is C13H19N3O2. The van der Waals surface area contributed by atoms with Gasteiger partial charge in [-0.3, -0.25) is 4.79 Å². The fourth-order valence-corrected chi connectivity index (χ4v) is 1.52. The lowest BCUT2D eigenvalue weighted by Crippen LogP contribution is -2.41. The minimum Gasteiger partial charge on any atom is -0.354 e. The molecule has 0 spiro atoms. The maximum absolute atomic E-state index is 11.5. The summed E-state index contributed by atoms with van der Waals surface area (Å²) >= 11 is 0. The highest BCUT2D eigenvalue weighted by molar-refractivity contribution is 5.83. The smallest absolute Gasteiger partial charge is 0.314 e. The number of hydrogen-bond donors (Lipinski definition) is 2. The number of rotatable bonds is 5. The predicted molar refractivity (Wildman–Crippen MR) is 70.1 cm³/mol. The molecule has 5 nitrogen and oxygen atoms in total. The van der Waals surface area contributed by atoms with Crippen molar-refractivity contribution in [2.75, 3.05) is 20.1 Å². The van der Waals surface area contributed by atoms with Gasteiger partial charge in [0.2, 0.25) is 5.91 Å². The van der Waals surface area contributed by atoms with Gasteiger partial charge in [-0.1, -0.05) is 37.3 Å². The van der Waals surface area contributed by atoms with Crippen LogP contribution >= 0.6 is 0 Å². The maximum Gasteiger partial charge on any atom is 0.314 e. The predicted octanol–water partition coefficient (Wildman–Crippen LogP) is 0.917. The summed E-state index contributed by atoms with van der Waals surface area (Å²) in [6, 6.07) is 9.32. The number of hydrogen-bond acceptors (Lipinski definition) is 2. The Kier molecular flexibility index (Phi) is 5.17. The van der Waals surface area contributed by atoms with Gasteiger partial charge in [0, 0.05) is 13.6 Å². The molecule has 0 radical (unpaired) electrons. The average Bonchev–Trinajstić information content (AvgIpc) is 2.36. The molecule has 0 saturated heterocycles. The van der Waals surface area contributed by atoms with Crippen LogP contribution in [0.25, 0.3) is 0 Å². The first-order chi connectivity index (χ1) is 8.50. The van der Waals surface area contributed by atoms with E-state index in [1.165, 1.54) is 17.5 Å². The van der Waals surface area contributed by atoms with Gasteiger partial charge in [-0.2, -0.15) is 0 Å². The molecule has 0 saturated carbocycles. The summed E-state index contributed by atoms with van der Waals surface area (Å²) in [5.41, 5.74) is 6.21. The van der Waals surface area contributed by atoms with Crippen molar-refractivity contribution in [3.63, 3.8) is 0 Å². The van der Waals surface area contributed by atoms with E-state index in [0.29, 0.717) is 6.54 Å². The molecule has 3 N–H and O–H groups in total. The number of urea groups is 1. The Bertz CT molecular complexity index is 406. The molecule has 0 aromatic heterocycles. The van der Waals surface area contributed by atoms with E-state index in [9.17, 15) is 9.59 Å². The fourth-order valence-electron chi connectivity index (χ4n) is 1.52. The zero-order valence-electron chi connectivity index (χ0n) is 10.7. The highest BCUT2D eigenvalue weighted by Crippen LogP contribution is 2.12. The highest BCUT2D eigenvalue weighted by atomic mass is 16.2. The van der Waals surface area contributed by atoms with Crippen LogP contribution < -0.4 is 11.1 Å². The zero-order valence-corrected chi connectivity index (χ0v) is 10.7. The Labute approximate surface area is 107 Å². The number of primary amides is 1. The molecule has 1 aromatic carbocycles. The van der Waals surface area contributed by atoms with Gasteiger partial charge in [0.1, 0.15) is 6.54 Å². The van der Waals surface area contributed by atoms with E-state index < -0.39 is 6.03 Å². The van der Waals surface area contributed by atoms with Crippen molar-refractivity contribution in [1.29, 1.82) is 0 Å². The second-order valence-electron chi connectivity index (χ2n) is 4.31. The van der Waals surface area contributed by atoms with E-state index >= 15 is 0 Å². The first kappa shape index (κ1) is 14.0. The van der Waals surface area contributed by atoms with Gasteiger partial charge in [-0.15, -0.1) is 0 Å². The third-order valence-corrected chi connectivity index (χ3v) is 2.73. The van der Waals surface area contributed by atoms with Gasteiger partial charge in [0.25, 0.3) is 0 Å². The fraction of sp³-hybridized carbons (Fsp3) is 0.385. The van der Waals surface area contributed by atoms with Crippen molar-refractivity contribution in [3.05, 3.63) is 35.9 Å². The molecule has 0 unspecified atom stereocenters. The number of carbonyl (C=O) groups excluding carboxylic acids is 2. The van der Waals surface area contributed by atoms with Crippen LogP contribution in [0.5, 0.6) is 0 Å². The number of nitrogens with one attached hydrogen (secondary N) is 1. The first-order valence-electron chi connectivity index (χ1n) is 5.83. The number of nitrogens with zero attached hydrogens (tertiary/aromatic N) is 1. The van der Waals surface area contributed by atoms with Gasteiger partial charge in [-0.25, -0.2) is 4.79 Å². The Morgan fingerprint density at radius 3 is 2.50 bits per heavy atom. The van der Waals surface area contributed by atoms with Gasteiger partial charge in [-0.05, 0) is 11.5 Å². The second-order valence-corrected chi connectivity index (χ2v) is 4.31. The molecule has 0 heterocycles. The van der Waals surface area contributed by atoms with E-state index in [2.05, 4.69) is 5.32 Å². The number of carbonyl (C=O) groups is 2. The Morgan fingerprint density at radius 2 is 1.94 bits per heavy atom. The molecule has 0 aliphatic rings. The number of nitrogens with two attached hydrogens (primary N) is 1. The van der Waals surface area contributed by atoms with Crippen LogP contribution in [0.15, 0.2) is 30.3 Å². The van der Waals surface area contributed by atoms with E-state index in [4.69, 9.17) is 5.73 Å². The molecule has 1 atom stereocenters. The van der Waals surface area contributed by atoms with Crippen molar-refractivity contribution in [1.82, 2.24) is 10.2 Å². The summed E-state index contributed by atoms with van der Waals surface area (Å²) in [6.07, 6.45) is 0. The van der Waals surface area contributed by atoms with Crippen LogP contribution in [-0.2, 0) is 4.79 Å². The van der Waals surface area contributed by atoms with Crippen LogP contribution in [-0.4, -0.2) is 37.0 Å². The minimum atomic E-state index is -0.610. The second kappa shape index (κ2) is 6.64. The van der Waals surface area contributed by atoms with Crippen LogP contribution in [0.2, 0.25) is 0 Å². The summed E-state index contributed by atoms with van der Waals surface area (Å²) in [5, 5.41) is 2.78. The highest BCUT2D eigenvalue weighted by Gasteiger charge is 2.11. The van der Waals surface area contributed by atoms with Crippen molar-refractivity contribution in [2.45, 2.75) is 12.8 Å². The number of benzene rings is 1. The van der Waals surface area contributed by atoms with E-state index in [-0.39, 0.29) is 18.4 Å². The lowest BCUT2D eigenvalue weighted by Gasteiger charge is -2.16. The summed E-state index contributed by atoms with van der Waals surface area (Å²) < 4.78 is 0. The van der Waals surface area contributed by atoms with Gasteiger partial charge < -0.3 is 16.0 Å². The molecule has 0 aliphatic heterocycles. The maximum atomic E-state index is 11.5. The number of likely N-dealkylation sites (N-methyl/N-ethyl adjacent to an activating group) is 1. The van der Waals surface area contributed by atoms with Gasteiger partial charge in [0.05, 0.1) is 0 Å². The third-order valence-electron chi connectivity index (χ3n) is 2.73. The summed E-state index contributed by atoms with van der Waals surface area (Å²) in [7, 11) is 1.49. The summed E-state index contributed by atoms with van der Waals surface area (Å²) in [4.78, 5) is 23.5. The van der Waals surface area contributed by atoms with E-state index in [1.807, 2.05) is 37.3 Å². The van der Waals surface area contributed by atoms with Crippen molar-refractivity contribution < 1.29 is 9.59 Å². The van der Waals surface area contributed by atoms with Crippen LogP contribution in [0.4, 0.5) is 4.79 Å². The minimum absolute atomic E-state index is 0.0170.